The molecule has 0 spiro atoms. The van der Waals surface area contributed by atoms with Gasteiger partial charge < -0.3 is 18.5 Å². The molecule has 1 amide bonds. The highest BCUT2D eigenvalue weighted by Crippen LogP contribution is 2.39. The Kier molecular flexibility index (Phi) is 10.5. The van der Waals surface area contributed by atoms with Crippen LogP contribution in [-0.2, 0) is 26.9 Å². The number of carbonyl (C=O) groups excluding carboxylic acids is 1. The van der Waals surface area contributed by atoms with Gasteiger partial charge in [-0.1, -0.05) is 57.2 Å². The van der Waals surface area contributed by atoms with Gasteiger partial charge in [0.15, 0.2) is 0 Å². The van der Waals surface area contributed by atoms with Crippen LogP contribution in [-0.4, -0.2) is 54.2 Å². The van der Waals surface area contributed by atoms with Crippen molar-refractivity contribution in [2.24, 2.45) is 5.41 Å². The zero-order valence-electron chi connectivity index (χ0n) is 25.9. The van der Waals surface area contributed by atoms with Gasteiger partial charge in [0.25, 0.3) is 0 Å². The smallest absolute Gasteiger partial charge is 0.412 e. The van der Waals surface area contributed by atoms with Gasteiger partial charge >= 0.3 is 6.09 Å². The summed E-state index contributed by atoms with van der Waals surface area (Å²) < 4.78 is 21.2. The molecule has 0 bridgehead atoms. The predicted octanol–water partition coefficient (Wildman–Crippen LogP) is 6.66. The summed E-state index contributed by atoms with van der Waals surface area (Å²) in [7, 11) is -1.17. The van der Waals surface area contributed by atoms with Crippen LogP contribution in [0.1, 0.15) is 73.8 Å². The van der Waals surface area contributed by atoms with E-state index in [2.05, 4.69) is 39.5 Å². The number of aromatic nitrogens is 1. The van der Waals surface area contributed by atoms with Crippen molar-refractivity contribution in [3.63, 3.8) is 0 Å². The van der Waals surface area contributed by atoms with E-state index in [1.165, 1.54) is 0 Å². The summed E-state index contributed by atoms with van der Waals surface area (Å²) in [6, 6.07) is 16.1. The van der Waals surface area contributed by atoms with Crippen LogP contribution in [0.3, 0.4) is 0 Å². The number of pyridine rings is 1. The van der Waals surface area contributed by atoms with E-state index in [1.807, 2.05) is 65.1 Å². The average molecular weight is 570 g/mol. The molecule has 1 aromatic carbocycles. The van der Waals surface area contributed by atoms with Gasteiger partial charge in [-0.3, -0.25) is 9.69 Å². The van der Waals surface area contributed by atoms with Crippen LogP contribution in [0.2, 0.25) is 12.6 Å². The molecule has 1 saturated heterocycles. The first-order valence-corrected chi connectivity index (χ1v) is 16.6. The molecule has 1 aromatic heterocycles. The van der Waals surface area contributed by atoms with Gasteiger partial charge in [-0.25, -0.2) is 4.79 Å². The Morgan fingerprint density at radius 1 is 1.05 bits per heavy atom. The van der Waals surface area contributed by atoms with Crippen molar-refractivity contribution in [3.8, 4) is 0 Å². The molecule has 1 aliphatic heterocycles. The van der Waals surface area contributed by atoms with E-state index >= 15 is 0 Å². The second kappa shape index (κ2) is 13.0. The lowest BCUT2D eigenvalue weighted by atomic mass is 9.95. The summed E-state index contributed by atoms with van der Waals surface area (Å²) in [4.78, 5) is 27.7. The summed E-state index contributed by atoms with van der Waals surface area (Å²) >= 11 is 0. The lowest BCUT2D eigenvalue weighted by Crippen LogP contribution is -2.52. The minimum Gasteiger partial charge on any atom is -0.444 e. The second-order valence-corrected chi connectivity index (χ2v) is 15.6. The van der Waals surface area contributed by atoms with Crippen LogP contribution < -0.4 is 5.56 Å². The Morgan fingerprint density at radius 3 is 2.30 bits per heavy atom. The Morgan fingerprint density at radius 2 is 1.70 bits per heavy atom. The molecular formula is C32H49N2O5Si. The van der Waals surface area contributed by atoms with Gasteiger partial charge in [0, 0.05) is 18.8 Å². The topological polar surface area (TPSA) is 70.0 Å². The lowest BCUT2D eigenvalue weighted by Gasteiger charge is -2.36. The predicted molar refractivity (Wildman–Crippen MR) is 162 cm³/mol. The minimum absolute atomic E-state index is 0.00995. The molecular weight excluding hydrogens is 520 g/mol. The fraction of sp³-hybridized carbons (Fsp3) is 0.625. The van der Waals surface area contributed by atoms with Crippen molar-refractivity contribution in [1.82, 2.24) is 9.47 Å². The van der Waals surface area contributed by atoms with E-state index in [0.717, 1.165) is 18.0 Å². The van der Waals surface area contributed by atoms with Crippen LogP contribution in [0.5, 0.6) is 0 Å². The number of carbonyl (C=O) groups is 1. The second-order valence-electron chi connectivity index (χ2n) is 13.6. The number of benzene rings is 1. The molecule has 1 fully saturated rings. The molecule has 1 radical (unpaired) electrons. The number of hydrogen-bond acceptors (Lipinski definition) is 5. The van der Waals surface area contributed by atoms with Gasteiger partial charge in [-0.05, 0) is 83.5 Å². The summed E-state index contributed by atoms with van der Waals surface area (Å²) in [5, 5.41) is 0. The molecule has 2 heterocycles. The molecule has 0 saturated carbocycles. The van der Waals surface area contributed by atoms with Gasteiger partial charge in [-0.15, -0.1) is 0 Å². The minimum atomic E-state index is -1.17. The highest BCUT2D eigenvalue weighted by atomic mass is 28.3. The molecule has 8 heteroatoms. The normalized spacial score (nSPS) is 20.1. The van der Waals surface area contributed by atoms with Crippen LogP contribution >= 0.6 is 0 Å². The Labute approximate surface area is 242 Å². The first-order chi connectivity index (χ1) is 18.6. The highest BCUT2D eigenvalue weighted by Gasteiger charge is 2.53. The standard InChI is InChI=1S/C32H49N2O5Si/c1-30(2,3)23-40(9)39-26(18-15-21-33-20-14-13-19-27(33)35)28-25(22-24-16-11-10-12-17-24)34(32(7,8)37-28)29(36)38-31(4,5)6/h10-14,16-17,19-20,25-26,28H,15,18,21-23H2,1-9H3/t25-,26?,28+/m1/s1. The number of rotatable bonds is 10. The third-order valence-electron chi connectivity index (χ3n) is 6.88. The molecule has 40 heavy (non-hydrogen) atoms. The Bertz CT molecular complexity index is 1150. The molecule has 7 nitrogen and oxygen atoms in total. The van der Waals surface area contributed by atoms with Gasteiger partial charge in [0.1, 0.15) is 17.4 Å². The van der Waals surface area contributed by atoms with Gasteiger partial charge in [0.05, 0.1) is 12.1 Å². The van der Waals surface area contributed by atoms with E-state index in [9.17, 15) is 9.59 Å². The number of aryl methyl sites for hydroxylation is 1. The fourth-order valence-corrected chi connectivity index (χ4v) is 7.86. The largest absolute Gasteiger partial charge is 0.444 e. The third-order valence-corrected chi connectivity index (χ3v) is 9.14. The van der Waals surface area contributed by atoms with Crippen LogP contribution in [0, 0.1) is 5.41 Å². The Hall–Kier alpha value is -2.42. The van der Waals surface area contributed by atoms with Crippen molar-refractivity contribution in [1.29, 1.82) is 0 Å². The lowest BCUT2D eigenvalue weighted by molar-refractivity contribution is -0.101. The maximum absolute atomic E-state index is 13.6. The van der Waals surface area contributed by atoms with Crippen LogP contribution in [0.15, 0.2) is 59.5 Å². The third kappa shape index (κ3) is 9.31. The van der Waals surface area contributed by atoms with Gasteiger partial charge in [-0.2, -0.15) is 0 Å². The number of hydrogen-bond donors (Lipinski definition) is 0. The SMILES string of the molecule is C[Si](CC(C)(C)C)OC(CCCn1ccccc1=O)[C@H]1OC(C)(C)N(C(=O)OC(C)(C)C)[C@@H]1Cc1ccccc1. The monoisotopic (exact) mass is 569 g/mol. The zero-order chi connectivity index (χ0) is 29.7. The first kappa shape index (κ1) is 32.1. The van der Waals surface area contributed by atoms with Crippen LogP contribution in [0.4, 0.5) is 4.79 Å². The quantitative estimate of drug-likeness (QED) is 0.299. The summed E-state index contributed by atoms with van der Waals surface area (Å²) in [6.07, 6.45) is 2.94. The summed E-state index contributed by atoms with van der Waals surface area (Å²) in [5.74, 6) is 0. The maximum atomic E-state index is 13.6. The molecule has 0 N–H and O–H groups in total. The van der Waals surface area contributed by atoms with E-state index in [0.29, 0.717) is 19.4 Å². The fourth-order valence-electron chi connectivity index (χ4n) is 5.51. The molecule has 1 aliphatic rings. The van der Waals surface area contributed by atoms with Crippen molar-refractivity contribution in [3.05, 3.63) is 70.6 Å². The Balaban J connectivity index is 1.95. The van der Waals surface area contributed by atoms with Crippen LogP contribution in [0.25, 0.3) is 0 Å². The molecule has 1 unspecified atom stereocenters. The van der Waals surface area contributed by atoms with E-state index < -0.39 is 20.4 Å². The van der Waals surface area contributed by atoms with Gasteiger partial charge in [0.2, 0.25) is 14.6 Å². The number of amides is 1. The number of ether oxygens (including phenoxy) is 2. The highest BCUT2D eigenvalue weighted by molar-refractivity contribution is 6.50. The van der Waals surface area contributed by atoms with Crippen molar-refractivity contribution >= 4 is 15.1 Å². The summed E-state index contributed by atoms with van der Waals surface area (Å²) in [6.45, 7) is 19.0. The molecule has 3 rings (SSSR count). The van der Waals surface area contributed by atoms with Crippen molar-refractivity contribution < 1.29 is 18.7 Å². The van der Waals surface area contributed by atoms with E-state index in [1.54, 1.807) is 21.6 Å². The molecule has 221 valence electrons. The van der Waals surface area contributed by atoms with E-state index in [-0.39, 0.29) is 35.3 Å². The maximum Gasteiger partial charge on any atom is 0.412 e. The van der Waals surface area contributed by atoms with Crippen molar-refractivity contribution in [2.45, 2.75) is 123 Å². The zero-order valence-corrected chi connectivity index (χ0v) is 26.9. The summed E-state index contributed by atoms with van der Waals surface area (Å²) in [5.41, 5.74) is -0.252. The molecule has 0 aliphatic carbocycles. The molecule has 3 atom stereocenters. The van der Waals surface area contributed by atoms with Crippen molar-refractivity contribution in [2.75, 3.05) is 0 Å². The number of nitrogens with zero attached hydrogens (tertiary/aromatic N) is 2. The molecule has 2 aromatic rings. The average Bonchev–Trinajstić information content (AvgIpc) is 3.08. The van der Waals surface area contributed by atoms with E-state index in [4.69, 9.17) is 13.9 Å². The first-order valence-electron chi connectivity index (χ1n) is 14.4.